The van der Waals surface area contributed by atoms with Crippen molar-refractivity contribution in [2.75, 3.05) is 16.3 Å². The highest BCUT2D eigenvalue weighted by atomic mass is 32.2. The zero-order valence-corrected chi connectivity index (χ0v) is 12.9. The number of anilines is 2. The molecule has 0 bridgehead atoms. The van der Waals surface area contributed by atoms with Crippen molar-refractivity contribution < 1.29 is 18.1 Å². The number of carbonyl (C=O) groups excluding carboxylic acids is 1. The molecule has 0 fully saturated rings. The summed E-state index contributed by atoms with van der Waals surface area (Å²) in [5.41, 5.74) is 0.598. The summed E-state index contributed by atoms with van der Waals surface area (Å²) >= 11 is 0.839. The van der Waals surface area contributed by atoms with Gasteiger partial charge < -0.3 is 5.32 Å². The van der Waals surface area contributed by atoms with Gasteiger partial charge in [0.05, 0.1) is 28.1 Å². The number of para-hydroxylation sites is 2. The minimum Gasteiger partial charge on any atom is -0.320 e. The number of nitro groups is 1. The molecule has 1 amide bonds. The molecule has 0 aliphatic carbocycles. The highest BCUT2D eigenvalue weighted by molar-refractivity contribution is 7.92. The van der Waals surface area contributed by atoms with Crippen molar-refractivity contribution in [3.63, 3.8) is 0 Å². The second-order valence-electron chi connectivity index (χ2n) is 4.30. The van der Waals surface area contributed by atoms with E-state index in [4.69, 9.17) is 0 Å². The van der Waals surface area contributed by atoms with Crippen LogP contribution in [0, 0.1) is 10.1 Å². The third-order valence-electron chi connectivity index (χ3n) is 2.50. The standard InChI is InChI=1S/C12H11N3O5S2/c1-22(19,20)14-10-5-3-2-4-9(10)13-12(16)8-6-11(15(17)18)21-7-8/h2-7,14H,1H3,(H,13,16). The van der Waals surface area contributed by atoms with E-state index in [1.54, 1.807) is 12.1 Å². The van der Waals surface area contributed by atoms with Crippen LogP contribution in [0.4, 0.5) is 16.4 Å². The molecule has 1 aromatic heterocycles. The summed E-state index contributed by atoms with van der Waals surface area (Å²) in [7, 11) is -3.50. The Hall–Kier alpha value is -2.46. The van der Waals surface area contributed by atoms with Crippen molar-refractivity contribution in [3.05, 3.63) is 51.4 Å². The zero-order chi connectivity index (χ0) is 16.3. The molecule has 0 aliphatic heterocycles. The van der Waals surface area contributed by atoms with Gasteiger partial charge in [-0.25, -0.2) is 8.42 Å². The van der Waals surface area contributed by atoms with E-state index in [0.29, 0.717) is 0 Å². The lowest BCUT2D eigenvalue weighted by Gasteiger charge is -2.11. The van der Waals surface area contributed by atoms with Crippen LogP contribution in [0.2, 0.25) is 0 Å². The summed E-state index contributed by atoms with van der Waals surface area (Å²) in [5, 5.41) is 14.3. The maximum Gasteiger partial charge on any atom is 0.324 e. The van der Waals surface area contributed by atoms with E-state index in [0.717, 1.165) is 23.7 Å². The second-order valence-corrected chi connectivity index (χ2v) is 6.94. The largest absolute Gasteiger partial charge is 0.324 e. The van der Waals surface area contributed by atoms with Crippen LogP contribution in [0.5, 0.6) is 0 Å². The SMILES string of the molecule is CS(=O)(=O)Nc1ccccc1NC(=O)c1csc([N+](=O)[O-])c1. The first-order valence-electron chi connectivity index (χ1n) is 5.87. The zero-order valence-electron chi connectivity index (χ0n) is 11.3. The number of carbonyl (C=O) groups is 1. The summed E-state index contributed by atoms with van der Waals surface area (Å²) in [6, 6.07) is 7.41. The third kappa shape index (κ3) is 4.02. The van der Waals surface area contributed by atoms with Gasteiger partial charge in [-0.3, -0.25) is 19.6 Å². The minimum absolute atomic E-state index is 0.130. The summed E-state index contributed by atoms with van der Waals surface area (Å²) in [6.45, 7) is 0. The number of rotatable bonds is 5. The topological polar surface area (TPSA) is 118 Å². The molecule has 10 heteroatoms. The molecule has 1 aromatic carbocycles. The smallest absolute Gasteiger partial charge is 0.320 e. The number of nitrogens with zero attached hydrogens (tertiary/aromatic N) is 1. The van der Waals surface area contributed by atoms with E-state index in [2.05, 4.69) is 10.0 Å². The van der Waals surface area contributed by atoms with Gasteiger partial charge >= 0.3 is 5.00 Å². The number of sulfonamides is 1. The van der Waals surface area contributed by atoms with E-state index in [1.165, 1.54) is 17.5 Å². The Balaban J connectivity index is 2.23. The molecule has 0 spiro atoms. The van der Waals surface area contributed by atoms with Gasteiger partial charge in [0.25, 0.3) is 5.91 Å². The monoisotopic (exact) mass is 341 g/mol. The van der Waals surface area contributed by atoms with Crippen LogP contribution >= 0.6 is 11.3 Å². The Kier molecular flexibility index (Phi) is 4.43. The van der Waals surface area contributed by atoms with Crippen molar-refractivity contribution in [1.82, 2.24) is 0 Å². The number of benzene rings is 1. The maximum atomic E-state index is 12.1. The fourth-order valence-corrected chi connectivity index (χ4v) is 2.90. The van der Waals surface area contributed by atoms with Gasteiger partial charge in [0.15, 0.2) is 0 Å². The average Bonchev–Trinajstić information content (AvgIpc) is 2.89. The second kappa shape index (κ2) is 6.12. The van der Waals surface area contributed by atoms with Crippen LogP contribution in [-0.4, -0.2) is 25.5 Å². The molecule has 0 saturated carbocycles. The molecule has 2 rings (SSSR count). The van der Waals surface area contributed by atoms with Gasteiger partial charge in [0.2, 0.25) is 10.0 Å². The van der Waals surface area contributed by atoms with Crippen LogP contribution in [-0.2, 0) is 10.0 Å². The first kappa shape index (κ1) is 15.9. The predicted molar refractivity (Wildman–Crippen MR) is 83.8 cm³/mol. The molecule has 22 heavy (non-hydrogen) atoms. The van der Waals surface area contributed by atoms with Crippen molar-refractivity contribution in [3.8, 4) is 0 Å². The van der Waals surface area contributed by atoms with Crippen LogP contribution in [0.3, 0.4) is 0 Å². The van der Waals surface area contributed by atoms with Crippen molar-refractivity contribution in [2.45, 2.75) is 0 Å². The molecule has 2 aromatic rings. The Morgan fingerprint density at radius 1 is 1.27 bits per heavy atom. The first-order chi connectivity index (χ1) is 10.3. The lowest BCUT2D eigenvalue weighted by molar-refractivity contribution is -0.380. The van der Waals surface area contributed by atoms with Crippen molar-refractivity contribution in [1.29, 1.82) is 0 Å². The Bertz CT molecular complexity index is 829. The molecule has 0 saturated heterocycles. The molecule has 2 N–H and O–H groups in total. The number of hydrogen-bond acceptors (Lipinski definition) is 6. The van der Waals surface area contributed by atoms with Crippen LogP contribution in [0.25, 0.3) is 0 Å². The number of hydrogen-bond donors (Lipinski definition) is 2. The molecule has 116 valence electrons. The predicted octanol–water partition coefficient (Wildman–Crippen LogP) is 2.28. The van der Waals surface area contributed by atoms with Crippen molar-refractivity contribution in [2.24, 2.45) is 0 Å². The van der Waals surface area contributed by atoms with Crippen LogP contribution in [0.15, 0.2) is 35.7 Å². The highest BCUT2D eigenvalue weighted by Crippen LogP contribution is 2.26. The van der Waals surface area contributed by atoms with Gasteiger partial charge in [-0.15, -0.1) is 0 Å². The normalized spacial score (nSPS) is 11.0. The summed E-state index contributed by atoms with van der Waals surface area (Å²) in [5.74, 6) is -0.563. The number of thiophene rings is 1. The maximum absolute atomic E-state index is 12.1. The van der Waals surface area contributed by atoms with Gasteiger partial charge in [0.1, 0.15) is 0 Å². The number of nitrogens with one attached hydrogen (secondary N) is 2. The Morgan fingerprint density at radius 2 is 1.91 bits per heavy atom. The summed E-state index contributed by atoms with van der Waals surface area (Å²) in [6.07, 6.45) is 0.994. The van der Waals surface area contributed by atoms with E-state index < -0.39 is 20.9 Å². The molecule has 8 nitrogen and oxygen atoms in total. The molecular weight excluding hydrogens is 330 g/mol. The van der Waals surface area contributed by atoms with Gasteiger partial charge in [0, 0.05) is 11.4 Å². The molecular formula is C12H11N3O5S2. The molecule has 0 unspecified atom stereocenters. The lowest BCUT2D eigenvalue weighted by atomic mass is 10.2. The van der Waals surface area contributed by atoms with E-state index in [-0.39, 0.29) is 21.9 Å². The van der Waals surface area contributed by atoms with E-state index in [9.17, 15) is 23.3 Å². The first-order valence-corrected chi connectivity index (χ1v) is 8.64. The third-order valence-corrected chi connectivity index (χ3v) is 3.97. The lowest BCUT2D eigenvalue weighted by Crippen LogP contribution is -2.15. The van der Waals surface area contributed by atoms with Gasteiger partial charge in [-0.1, -0.05) is 23.5 Å². The minimum atomic E-state index is -3.50. The van der Waals surface area contributed by atoms with Crippen molar-refractivity contribution >= 4 is 43.6 Å². The molecule has 0 atom stereocenters. The van der Waals surface area contributed by atoms with Gasteiger partial charge in [-0.2, -0.15) is 0 Å². The summed E-state index contributed by atoms with van der Waals surface area (Å²) in [4.78, 5) is 22.1. The molecule has 1 heterocycles. The number of amides is 1. The van der Waals surface area contributed by atoms with Crippen LogP contribution in [0.1, 0.15) is 10.4 Å². The molecule has 0 radical (unpaired) electrons. The molecule has 0 aliphatic rings. The van der Waals surface area contributed by atoms with E-state index in [1.807, 2.05) is 0 Å². The van der Waals surface area contributed by atoms with E-state index >= 15 is 0 Å². The quantitative estimate of drug-likeness (QED) is 0.639. The fourth-order valence-electron chi connectivity index (χ4n) is 1.62. The van der Waals surface area contributed by atoms with Crippen LogP contribution < -0.4 is 10.0 Å². The fraction of sp³-hybridized carbons (Fsp3) is 0.0833. The summed E-state index contributed by atoms with van der Waals surface area (Å²) < 4.78 is 24.9. The Labute approximate surface area is 130 Å². The average molecular weight is 341 g/mol. The Morgan fingerprint density at radius 3 is 2.45 bits per heavy atom. The van der Waals surface area contributed by atoms with Gasteiger partial charge in [-0.05, 0) is 12.1 Å². The highest BCUT2D eigenvalue weighted by Gasteiger charge is 2.16.